The van der Waals surface area contributed by atoms with E-state index >= 15 is 0 Å². The average molecular weight is 483 g/mol. The number of carbonyl (C=O) groups excluding carboxylic acids is 1. The molecule has 0 spiro atoms. The van der Waals surface area contributed by atoms with Crippen molar-refractivity contribution in [3.63, 3.8) is 0 Å². The molecule has 36 heavy (non-hydrogen) atoms. The SMILES string of the molecule is COC(=O)c1c2c(c3cc(OC)c(OC)cc3c1-c1ccccc1)OC(c1ccc(OC)cc1)C=C2. The van der Waals surface area contributed by atoms with Crippen molar-refractivity contribution < 1.29 is 28.5 Å². The van der Waals surface area contributed by atoms with Gasteiger partial charge in [-0.3, -0.25) is 0 Å². The van der Waals surface area contributed by atoms with Gasteiger partial charge in [-0.05, 0) is 46.9 Å². The molecule has 4 aromatic carbocycles. The van der Waals surface area contributed by atoms with Gasteiger partial charge in [0.25, 0.3) is 0 Å². The first kappa shape index (κ1) is 23.3. The minimum atomic E-state index is -0.446. The summed E-state index contributed by atoms with van der Waals surface area (Å²) in [4.78, 5) is 13.2. The average Bonchev–Trinajstić information content (AvgIpc) is 2.95. The third-order valence-electron chi connectivity index (χ3n) is 6.38. The van der Waals surface area contributed by atoms with Crippen LogP contribution in [0.4, 0.5) is 0 Å². The van der Waals surface area contributed by atoms with Crippen molar-refractivity contribution >= 4 is 22.8 Å². The van der Waals surface area contributed by atoms with Gasteiger partial charge < -0.3 is 23.7 Å². The minimum Gasteiger partial charge on any atom is -0.497 e. The van der Waals surface area contributed by atoms with E-state index in [2.05, 4.69) is 0 Å². The van der Waals surface area contributed by atoms with Gasteiger partial charge >= 0.3 is 5.97 Å². The Morgan fingerprint density at radius 3 is 2.08 bits per heavy atom. The van der Waals surface area contributed by atoms with Crippen molar-refractivity contribution in [3.05, 3.63) is 89.5 Å². The summed E-state index contributed by atoms with van der Waals surface area (Å²) < 4.78 is 28.3. The molecule has 0 saturated heterocycles. The molecule has 0 fully saturated rings. The van der Waals surface area contributed by atoms with Gasteiger partial charge in [0.15, 0.2) is 11.5 Å². The van der Waals surface area contributed by atoms with Crippen LogP contribution in [0, 0.1) is 0 Å². The maximum atomic E-state index is 13.2. The Morgan fingerprint density at radius 1 is 0.806 bits per heavy atom. The number of rotatable bonds is 6. The fourth-order valence-corrected chi connectivity index (χ4v) is 4.63. The second-order valence-corrected chi connectivity index (χ2v) is 8.27. The van der Waals surface area contributed by atoms with Crippen LogP contribution in [0.2, 0.25) is 0 Å². The van der Waals surface area contributed by atoms with Crippen molar-refractivity contribution in [3.8, 4) is 34.1 Å². The van der Waals surface area contributed by atoms with Crippen LogP contribution < -0.4 is 18.9 Å². The maximum absolute atomic E-state index is 13.2. The van der Waals surface area contributed by atoms with Crippen LogP contribution in [-0.2, 0) is 4.74 Å². The highest BCUT2D eigenvalue weighted by molar-refractivity contribution is 6.14. The van der Waals surface area contributed by atoms with Crippen molar-refractivity contribution in [2.45, 2.75) is 6.10 Å². The Labute approximate surface area is 209 Å². The van der Waals surface area contributed by atoms with E-state index in [1.807, 2.05) is 78.9 Å². The second-order valence-electron chi connectivity index (χ2n) is 8.27. The number of ether oxygens (including phenoxy) is 5. The highest BCUT2D eigenvalue weighted by Crippen LogP contribution is 2.49. The molecule has 0 N–H and O–H groups in total. The van der Waals surface area contributed by atoms with Crippen LogP contribution in [0.15, 0.2) is 72.8 Å². The molecule has 5 rings (SSSR count). The van der Waals surface area contributed by atoms with Gasteiger partial charge in [-0.1, -0.05) is 48.5 Å². The molecule has 1 aliphatic rings. The largest absolute Gasteiger partial charge is 0.497 e. The number of methoxy groups -OCH3 is 4. The summed E-state index contributed by atoms with van der Waals surface area (Å²) in [6, 6.07) is 21.2. The minimum absolute atomic E-state index is 0.354. The summed E-state index contributed by atoms with van der Waals surface area (Å²) in [5, 5.41) is 1.60. The molecule has 6 heteroatoms. The Balaban J connectivity index is 1.82. The standard InChI is InChI=1S/C30H26O6/c1-32-20-12-10-18(11-13-20)24-15-14-21-28(30(31)35-4)27(19-8-6-5-7-9-19)22-16-25(33-2)26(34-3)17-23(22)29(21)36-24/h5-17,24H,1-4H3. The van der Waals surface area contributed by atoms with E-state index in [1.54, 1.807) is 21.3 Å². The van der Waals surface area contributed by atoms with E-state index in [-0.39, 0.29) is 6.10 Å². The third-order valence-corrected chi connectivity index (χ3v) is 6.38. The zero-order valence-electron chi connectivity index (χ0n) is 20.5. The van der Waals surface area contributed by atoms with Crippen LogP contribution in [0.3, 0.4) is 0 Å². The smallest absolute Gasteiger partial charge is 0.339 e. The van der Waals surface area contributed by atoms with Crippen LogP contribution >= 0.6 is 0 Å². The Morgan fingerprint density at radius 2 is 1.47 bits per heavy atom. The maximum Gasteiger partial charge on any atom is 0.339 e. The van der Waals surface area contributed by atoms with Crippen LogP contribution in [0.1, 0.15) is 27.6 Å². The van der Waals surface area contributed by atoms with E-state index in [9.17, 15) is 4.79 Å². The van der Waals surface area contributed by atoms with E-state index in [0.717, 1.165) is 33.2 Å². The molecule has 0 bridgehead atoms. The normalized spacial score (nSPS) is 14.1. The summed E-state index contributed by atoms with van der Waals surface area (Å²) in [6.07, 6.45) is 3.52. The number of benzene rings is 4. The number of carbonyl (C=O) groups is 1. The fourth-order valence-electron chi connectivity index (χ4n) is 4.63. The van der Waals surface area contributed by atoms with Crippen molar-refractivity contribution in [2.24, 2.45) is 0 Å². The highest BCUT2D eigenvalue weighted by atomic mass is 16.5. The number of hydrogen-bond donors (Lipinski definition) is 0. The molecule has 1 atom stereocenters. The lowest BCUT2D eigenvalue weighted by atomic mass is 9.87. The van der Waals surface area contributed by atoms with Gasteiger partial charge in [0.1, 0.15) is 17.6 Å². The first-order valence-corrected chi connectivity index (χ1v) is 11.5. The lowest BCUT2D eigenvalue weighted by molar-refractivity contribution is 0.0600. The Bertz CT molecular complexity index is 1460. The van der Waals surface area contributed by atoms with E-state index in [4.69, 9.17) is 23.7 Å². The molecular formula is C30H26O6. The predicted molar refractivity (Wildman–Crippen MR) is 139 cm³/mol. The summed E-state index contributed by atoms with van der Waals surface area (Å²) in [7, 11) is 6.20. The molecule has 0 aromatic heterocycles. The number of fused-ring (bicyclic) bond motifs is 3. The summed E-state index contributed by atoms with van der Waals surface area (Å²) in [6.45, 7) is 0. The zero-order valence-corrected chi connectivity index (χ0v) is 20.5. The van der Waals surface area contributed by atoms with Crippen LogP contribution in [0.5, 0.6) is 23.0 Å². The first-order chi connectivity index (χ1) is 17.6. The van der Waals surface area contributed by atoms with Gasteiger partial charge in [0, 0.05) is 16.5 Å². The molecule has 0 saturated carbocycles. The highest BCUT2D eigenvalue weighted by Gasteiger charge is 2.30. The summed E-state index contributed by atoms with van der Waals surface area (Å²) in [5.41, 5.74) is 3.67. The second kappa shape index (κ2) is 9.66. The Hall–Kier alpha value is -4.45. The summed E-state index contributed by atoms with van der Waals surface area (Å²) in [5.74, 6) is 2.01. The molecule has 182 valence electrons. The molecule has 1 unspecified atom stereocenters. The molecule has 0 aliphatic carbocycles. The molecular weight excluding hydrogens is 456 g/mol. The summed E-state index contributed by atoms with van der Waals surface area (Å²) >= 11 is 0. The van der Waals surface area contributed by atoms with Crippen molar-refractivity contribution in [1.82, 2.24) is 0 Å². The van der Waals surface area contributed by atoms with Crippen LogP contribution in [0.25, 0.3) is 28.0 Å². The van der Waals surface area contributed by atoms with Gasteiger partial charge in [0.05, 0.1) is 34.0 Å². The van der Waals surface area contributed by atoms with Crippen molar-refractivity contribution in [1.29, 1.82) is 0 Å². The van der Waals surface area contributed by atoms with E-state index in [1.165, 1.54) is 7.11 Å². The lowest BCUT2D eigenvalue weighted by Gasteiger charge is -2.27. The van der Waals surface area contributed by atoms with Crippen LogP contribution in [-0.4, -0.2) is 34.4 Å². The molecule has 1 heterocycles. The Kier molecular flexibility index (Phi) is 6.25. The van der Waals surface area contributed by atoms with Gasteiger partial charge in [0.2, 0.25) is 0 Å². The number of esters is 1. The van der Waals surface area contributed by atoms with E-state index < -0.39 is 5.97 Å². The molecule has 1 aliphatic heterocycles. The van der Waals surface area contributed by atoms with Gasteiger partial charge in [-0.25, -0.2) is 4.79 Å². The molecule has 4 aromatic rings. The van der Waals surface area contributed by atoms with Crippen molar-refractivity contribution in [2.75, 3.05) is 28.4 Å². The molecule has 0 radical (unpaired) electrons. The third kappa shape index (κ3) is 3.90. The number of hydrogen-bond acceptors (Lipinski definition) is 6. The quantitative estimate of drug-likeness (QED) is 0.294. The fraction of sp³-hybridized carbons (Fsp3) is 0.167. The zero-order chi connectivity index (χ0) is 25.2. The van der Waals surface area contributed by atoms with E-state index in [0.29, 0.717) is 28.4 Å². The topological polar surface area (TPSA) is 63.2 Å². The molecule has 6 nitrogen and oxygen atoms in total. The van der Waals surface area contributed by atoms with Gasteiger partial charge in [-0.15, -0.1) is 0 Å². The monoisotopic (exact) mass is 482 g/mol. The first-order valence-electron chi connectivity index (χ1n) is 11.5. The predicted octanol–water partition coefficient (Wildman–Crippen LogP) is 6.47. The van der Waals surface area contributed by atoms with Gasteiger partial charge in [-0.2, -0.15) is 0 Å². The molecule has 0 amide bonds. The lowest BCUT2D eigenvalue weighted by Crippen LogP contribution is -2.14.